The van der Waals surface area contributed by atoms with E-state index in [1.54, 1.807) is 36.0 Å². The normalized spacial score (nSPS) is 14.9. The molecule has 0 saturated heterocycles. The molecule has 3 aromatic heterocycles. The largest absolute Gasteiger partial charge is 0.497 e. The Hall–Kier alpha value is -4.71. The summed E-state index contributed by atoms with van der Waals surface area (Å²) in [6.07, 6.45) is 1.72. The first kappa shape index (κ1) is 28.1. The van der Waals surface area contributed by atoms with Crippen molar-refractivity contribution in [3.8, 4) is 5.75 Å². The summed E-state index contributed by atoms with van der Waals surface area (Å²) in [4.78, 5) is 37.6. The third kappa shape index (κ3) is 5.41. The van der Waals surface area contributed by atoms with Crippen LogP contribution in [-0.4, -0.2) is 22.6 Å². The van der Waals surface area contributed by atoms with Crippen molar-refractivity contribution in [3.05, 3.63) is 133 Å². The first-order valence-electron chi connectivity index (χ1n) is 13.6. The number of ether oxygens (including phenoxy) is 1. The van der Waals surface area contributed by atoms with Crippen molar-refractivity contribution >= 4 is 62.3 Å². The van der Waals surface area contributed by atoms with Crippen molar-refractivity contribution < 1.29 is 13.9 Å². The van der Waals surface area contributed by atoms with E-state index in [4.69, 9.17) is 14.1 Å². The quantitative estimate of drug-likeness (QED) is 0.223. The summed E-state index contributed by atoms with van der Waals surface area (Å²) in [6, 6.07) is 27.6. The molecule has 1 N–H and O–H groups in total. The summed E-state index contributed by atoms with van der Waals surface area (Å²) in [6.45, 7) is 1.80. The Morgan fingerprint density at radius 2 is 1.77 bits per heavy atom. The topological polar surface area (TPSA) is 98.7 Å². The van der Waals surface area contributed by atoms with E-state index in [1.807, 2.05) is 91.0 Å². The molecule has 1 amide bonds. The molecule has 44 heavy (non-hydrogen) atoms. The van der Waals surface area contributed by atoms with Gasteiger partial charge >= 0.3 is 0 Å². The van der Waals surface area contributed by atoms with E-state index in [1.165, 1.54) is 23.1 Å². The Morgan fingerprint density at radius 1 is 1.00 bits per heavy atom. The molecule has 7 rings (SSSR count). The molecule has 1 aliphatic rings. The van der Waals surface area contributed by atoms with Gasteiger partial charge in [0.25, 0.3) is 11.5 Å². The number of carbonyl (C=O) groups is 1. The van der Waals surface area contributed by atoms with Crippen LogP contribution < -0.4 is 24.9 Å². The minimum atomic E-state index is -0.690. The molecule has 0 unspecified atom stereocenters. The molecular weight excluding hydrogens is 613 g/mol. The van der Waals surface area contributed by atoms with Gasteiger partial charge in [-0.1, -0.05) is 53.8 Å². The summed E-state index contributed by atoms with van der Waals surface area (Å²) in [5.41, 5.74) is 3.04. The van der Waals surface area contributed by atoms with E-state index in [-0.39, 0.29) is 11.5 Å². The average molecular weight is 637 g/mol. The molecule has 8 nitrogen and oxygen atoms in total. The van der Waals surface area contributed by atoms with Gasteiger partial charge in [0.15, 0.2) is 14.2 Å². The van der Waals surface area contributed by atoms with Crippen LogP contribution in [-0.2, 0) is 4.79 Å². The third-order valence-corrected chi connectivity index (χ3v) is 10.1. The number of nitrogens with zero attached hydrogens (tertiary/aromatic N) is 3. The molecule has 218 valence electrons. The Balaban J connectivity index is 1.26. The molecule has 0 radical (unpaired) electrons. The van der Waals surface area contributed by atoms with Crippen molar-refractivity contribution in [3.63, 3.8) is 0 Å². The van der Waals surface area contributed by atoms with E-state index < -0.39 is 6.04 Å². The lowest BCUT2D eigenvalue weighted by molar-refractivity contribution is -0.113. The van der Waals surface area contributed by atoms with E-state index in [2.05, 4.69) is 10.3 Å². The first-order valence-corrected chi connectivity index (χ1v) is 16.1. The standard InChI is InChI=1S/C33H24N4O4S3/c1-19-28(30(38)35-21-8-4-3-5-9-21)29(20-12-14-22(40-2)15-13-20)37-31(39)26(42-32(37)34-19)18-23-16-17-27(41-23)44-33-36-24-10-6-7-11-25(24)43-33/h3-18,29H,1-2H3,(H,35,38)/b26-18+/t29-/m1/s1. The third-order valence-electron chi connectivity index (χ3n) is 7.07. The molecule has 1 aliphatic heterocycles. The summed E-state index contributed by atoms with van der Waals surface area (Å²) in [5, 5.41) is 3.65. The smallest absolute Gasteiger partial charge is 0.271 e. The number of anilines is 1. The van der Waals surface area contributed by atoms with Gasteiger partial charge in [0.05, 0.1) is 39.2 Å². The number of methoxy groups -OCH3 is 1. The molecule has 0 saturated carbocycles. The van der Waals surface area contributed by atoms with Crippen LogP contribution in [0.25, 0.3) is 16.3 Å². The Bertz CT molecular complexity index is 2200. The number of allylic oxidation sites excluding steroid dienone is 1. The van der Waals surface area contributed by atoms with Gasteiger partial charge in [0, 0.05) is 11.8 Å². The van der Waals surface area contributed by atoms with E-state index in [9.17, 15) is 9.59 Å². The highest BCUT2D eigenvalue weighted by molar-refractivity contribution is 8.01. The van der Waals surface area contributed by atoms with Gasteiger partial charge in [-0.15, -0.1) is 11.3 Å². The number of nitrogens with one attached hydrogen (secondary N) is 1. The lowest BCUT2D eigenvalue weighted by atomic mass is 9.95. The number of thiazole rings is 2. The van der Waals surface area contributed by atoms with Crippen LogP contribution in [0.2, 0.25) is 0 Å². The van der Waals surface area contributed by atoms with Crippen LogP contribution in [0.1, 0.15) is 24.3 Å². The van der Waals surface area contributed by atoms with Gasteiger partial charge in [0.1, 0.15) is 11.5 Å². The number of benzene rings is 3. The van der Waals surface area contributed by atoms with Crippen LogP contribution in [0.15, 0.2) is 126 Å². The van der Waals surface area contributed by atoms with Crippen LogP contribution in [0.4, 0.5) is 5.69 Å². The predicted molar refractivity (Wildman–Crippen MR) is 174 cm³/mol. The number of fused-ring (bicyclic) bond motifs is 2. The first-order chi connectivity index (χ1) is 21.5. The maximum Gasteiger partial charge on any atom is 0.271 e. The molecule has 0 fully saturated rings. The fourth-order valence-electron chi connectivity index (χ4n) is 5.01. The van der Waals surface area contributed by atoms with Crippen LogP contribution in [0, 0.1) is 0 Å². The maximum atomic E-state index is 14.0. The number of carbonyl (C=O) groups excluding carboxylic acids is 1. The zero-order valence-corrected chi connectivity index (χ0v) is 26.0. The van der Waals surface area contributed by atoms with Crippen molar-refractivity contribution in [2.24, 2.45) is 4.99 Å². The molecule has 4 heterocycles. The van der Waals surface area contributed by atoms with Crippen molar-refractivity contribution in [2.75, 3.05) is 12.4 Å². The molecular formula is C33H24N4O4S3. The van der Waals surface area contributed by atoms with Gasteiger partial charge in [-0.2, -0.15) is 0 Å². The molecule has 11 heteroatoms. The number of hydrogen-bond donors (Lipinski definition) is 1. The van der Waals surface area contributed by atoms with E-state index in [0.29, 0.717) is 42.9 Å². The average Bonchev–Trinajstić information content (AvgIpc) is 3.74. The Kier molecular flexibility index (Phi) is 7.51. The van der Waals surface area contributed by atoms with Crippen LogP contribution >= 0.6 is 34.4 Å². The van der Waals surface area contributed by atoms with Crippen molar-refractivity contribution in [1.82, 2.24) is 9.55 Å². The van der Waals surface area contributed by atoms with Gasteiger partial charge < -0.3 is 14.5 Å². The number of aromatic nitrogens is 2. The molecule has 0 aliphatic carbocycles. The summed E-state index contributed by atoms with van der Waals surface area (Å²) >= 11 is 4.31. The van der Waals surface area contributed by atoms with E-state index in [0.717, 1.165) is 20.1 Å². The highest BCUT2D eigenvalue weighted by Gasteiger charge is 2.32. The molecule has 0 bridgehead atoms. The van der Waals surface area contributed by atoms with Gasteiger partial charge in [-0.05, 0) is 72.8 Å². The van der Waals surface area contributed by atoms with Crippen LogP contribution in [0.3, 0.4) is 0 Å². The van der Waals surface area contributed by atoms with Gasteiger partial charge in [-0.25, -0.2) is 9.98 Å². The fourth-order valence-corrected chi connectivity index (χ4v) is 8.01. The molecule has 3 aromatic carbocycles. The minimum absolute atomic E-state index is 0.260. The van der Waals surface area contributed by atoms with Crippen molar-refractivity contribution in [1.29, 1.82) is 0 Å². The number of furan rings is 1. The number of amides is 1. The van der Waals surface area contributed by atoms with Crippen molar-refractivity contribution in [2.45, 2.75) is 22.4 Å². The zero-order chi connectivity index (χ0) is 30.2. The maximum absolute atomic E-state index is 14.0. The Labute approximate surface area is 263 Å². The fraction of sp³-hybridized carbons (Fsp3) is 0.0909. The second-order valence-electron chi connectivity index (χ2n) is 9.88. The van der Waals surface area contributed by atoms with E-state index >= 15 is 0 Å². The number of rotatable bonds is 7. The highest BCUT2D eigenvalue weighted by Crippen LogP contribution is 2.35. The Morgan fingerprint density at radius 3 is 2.55 bits per heavy atom. The summed E-state index contributed by atoms with van der Waals surface area (Å²) in [5.74, 6) is 0.891. The second kappa shape index (κ2) is 11.8. The minimum Gasteiger partial charge on any atom is -0.497 e. The SMILES string of the molecule is COc1ccc([C@@H]2C(C(=O)Nc3ccccc3)=C(C)N=c3s/c(=C/c4ccc(Sc5nc6ccccc6s5)o4)c(=O)n32)cc1. The molecule has 6 aromatic rings. The number of para-hydroxylation sites is 2. The second-order valence-corrected chi connectivity index (χ2v) is 13.2. The predicted octanol–water partition coefficient (Wildman–Crippen LogP) is 6.24. The summed E-state index contributed by atoms with van der Waals surface area (Å²) in [7, 11) is 1.60. The van der Waals surface area contributed by atoms with Gasteiger partial charge in [0.2, 0.25) is 0 Å². The molecule has 0 spiro atoms. The zero-order valence-electron chi connectivity index (χ0n) is 23.5. The van der Waals surface area contributed by atoms with Crippen LogP contribution in [0.5, 0.6) is 5.75 Å². The monoisotopic (exact) mass is 636 g/mol. The molecule has 1 atom stereocenters. The highest BCUT2D eigenvalue weighted by atomic mass is 32.2. The lowest BCUT2D eigenvalue weighted by Gasteiger charge is -2.25. The van der Waals surface area contributed by atoms with Gasteiger partial charge in [-0.3, -0.25) is 14.2 Å². The summed E-state index contributed by atoms with van der Waals surface area (Å²) < 4.78 is 15.5. The lowest BCUT2D eigenvalue weighted by Crippen LogP contribution is -2.40. The number of hydrogen-bond acceptors (Lipinski definition) is 9.